The predicted molar refractivity (Wildman–Crippen MR) is 152 cm³/mol. The zero-order chi connectivity index (χ0) is 26.6. The van der Waals surface area contributed by atoms with E-state index in [1.807, 2.05) is 12.8 Å². The maximum Gasteiger partial charge on any atom is 0 e. The Kier molecular flexibility index (Phi) is 57.3. The zero-order valence-corrected chi connectivity index (χ0v) is 25.5. The first-order valence-electron chi connectivity index (χ1n) is 14.3. The van der Waals surface area contributed by atoms with Crippen molar-refractivity contribution in [1.29, 1.82) is 0 Å². The molecule has 38 heavy (non-hydrogen) atoms. The first kappa shape index (κ1) is 45.8. The van der Waals surface area contributed by atoms with Crippen LogP contribution in [-0.4, -0.2) is 23.7 Å². The average molecular weight is 638 g/mol. The molecule has 6 N–H and O–H groups in total. The SMILES string of the molecule is N[CH-]CC[CH-]CCCCCC[CH-]CC[CH-]COO.N[CH-]CC[CH-]CCCCCC[CH-]CC[CH-]COO.[Cu].[Cu]. The Morgan fingerprint density at radius 2 is 0.632 bits per heavy atom. The number of unbranched alkanes of at least 4 members (excludes halogenated alkanes) is 24. The maximum absolute atomic E-state index is 8.11. The summed E-state index contributed by atoms with van der Waals surface area (Å²) in [6.07, 6.45) is 37.1. The summed E-state index contributed by atoms with van der Waals surface area (Å²) in [6.45, 7) is 4.14. The van der Waals surface area contributed by atoms with Gasteiger partial charge < -0.3 is 50.0 Å². The summed E-state index contributed by atoms with van der Waals surface area (Å²) in [4.78, 5) is 7.94. The van der Waals surface area contributed by atoms with E-state index in [0.29, 0.717) is 13.2 Å². The molecule has 0 atom stereocenters. The van der Waals surface area contributed by atoms with Crippen LogP contribution < -0.4 is 11.5 Å². The van der Waals surface area contributed by atoms with Gasteiger partial charge in [-0.15, -0.1) is 0 Å². The molecule has 0 bridgehead atoms. The second kappa shape index (κ2) is 47.6. The molecule has 0 rings (SSSR count). The summed E-state index contributed by atoms with van der Waals surface area (Å²) >= 11 is 0. The standard InChI is InChI=1S/2C15H29NO2.2Cu/c2*16-14-12-10-8-6-4-2-1-3-5-7-9-11-13-15-18-17;;/h2*7-8,13-14,17H,1-6,9-12,15-16H2;;/q2*-4;;. The number of hydrogen-bond acceptors (Lipinski definition) is 6. The monoisotopic (exact) mass is 636 g/mol. The van der Waals surface area contributed by atoms with Crippen molar-refractivity contribution in [3.63, 3.8) is 0 Å². The van der Waals surface area contributed by atoms with Gasteiger partial charge in [0.05, 0.1) is 0 Å². The molecule has 6 nitrogen and oxygen atoms in total. The van der Waals surface area contributed by atoms with Crippen molar-refractivity contribution in [2.45, 2.75) is 128 Å². The van der Waals surface area contributed by atoms with Gasteiger partial charge in [-0.3, -0.25) is 33.4 Å². The van der Waals surface area contributed by atoms with E-state index in [0.717, 1.165) is 51.4 Å². The van der Waals surface area contributed by atoms with Crippen LogP contribution in [0.2, 0.25) is 0 Å². The van der Waals surface area contributed by atoms with E-state index in [1.54, 1.807) is 13.1 Å². The van der Waals surface area contributed by atoms with Gasteiger partial charge in [-0.05, 0) is 13.2 Å². The van der Waals surface area contributed by atoms with Crippen molar-refractivity contribution in [3.05, 3.63) is 51.6 Å². The Morgan fingerprint density at radius 1 is 0.368 bits per heavy atom. The molecule has 8 heteroatoms. The van der Waals surface area contributed by atoms with Gasteiger partial charge in [0.1, 0.15) is 0 Å². The van der Waals surface area contributed by atoms with Crippen LogP contribution in [0.15, 0.2) is 0 Å². The van der Waals surface area contributed by atoms with Gasteiger partial charge in [0, 0.05) is 34.1 Å². The molecule has 0 unspecified atom stereocenters. The fourth-order valence-corrected chi connectivity index (χ4v) is 3.61. The van der Waals surface area contributed by atoms with Crippen LogP contribution in [0, 0.1) is 51.6 Å². The van der Waals surface area contributed by atoms with Gasteiger partial charge >= 0.3 is 0 Å². The Bertz CT molecular complexity index is 296. The summed E-state index contributed by atoms with van der Waals surface area (Å²) in [5.41, 5.74) is 10.6. The molecule has 0 fully saturated rings. The molecule has 0 aliphatic carbocycles. The summed E-state index contributed by atoms with van der Waals surface area (Å²) in [5.74, 6) is 0. The maximum atomic E-state index is 8.11. The molecule has 0 saturated heterocycles. The zero-order valence-electron chi connectivity index (χ0n) is 23.6. The van der Waals surface area contributed by atoms with Crippen molar-refractivity contribution in [1.82, 2.24) is 0 Å². The summed E-state index contributed by atoms with van der Waals surface area (Å²) in [5, 5.41) is 16.2. The first-order valence-corrected chi connectivity index (χ1v) is 14.3. The third-order valence-electron chi connectivity index (χ3n) is 5.74. The smallest absolute Gasteiger partial charge is 0 e. The minimum Gasteiger partial charge on any atom is -0.483 e. The van der Waals surface area contributed by atoms with Gasteiger partial charge in [0.2, 0.25) is 0 Å². The molecule has 242 valence electrons. The average Bonchev–Trinajstić information content (AvgIpc) is 2.89. The van der Waals surface area contributed by atoms with Crippen molar-refractivity contribution in [2.75, 3.05) is 13.2 Å². The fraction of sp³-hybridized carbons (Fsp3) is 0.733. The third-order valence-corrected chi connectivity index (χ3v) is 5.74. The van der Waals surface area contributed by atoms with Crippen molar-refractivity contribution < 1.29 is 54.4 Å². The van der Waals surface area contributed by atoms with Crippen LogP contribution in [0.4, 0.5) is 0 Å². The van der Waals surface area contributed by atoms with E-state index in [9.17, 15) is 0 Å². The van der Waals surface area contributed by atoms with Crippen molar-refractivity contribution in [3.8, 4) is 0 Å². The molecule has 0 aliphatic heterocycles. The van der Waals surface area contributed by atoms with Crippen LogP contribution in [-0.2, 0) is 43.9 Å². The molecule has 0 heterocycles. The molecular formula is C30H58Cu2N2O4-8. The molecule has 0 spiro atoms. The molecule has 2 radical (unpaired) electrons. The summed E-state index contributed by atoms with van der Waals surface area (Å²) < 4.78 is 0. The van der Waals surface area contributed by atoms with Gasteiger partial charge in [0.25, 0.3) is 0 Å². The van der Waals surface area contributed by atoms with E-state index < -0.39 is 0 Å². The number of rotatable bonds is 30. The minimum absolute atomic E-state index is 0. The van der Waals surface area contributed by atoms with Crippen LogP contribution in [0.5, 0.6) is 0 Å². The van der Waals surface area contributed by atoms with E-state index in [-0.39, 0.29) is 34.1 Å². The topological polar surface area (TPSA) is 111 Å². The molecule has 0 saturated carbocycles. The number of hydrogen-bond donors (Lipinski definition) is 4. The second-order valence-corrected chi connectivity index (χ2v) is 9.09. The van der Waals surface area contributed by atoms with Gasteiger partial charge in [0.15, 0.2) is 0 Å². The van der Waals surface area contributed by atoms with Crippen LogP contribution in [0.25, 0.3) is 0 Å². The third kappa shape index (κ3) is 49.7. The van der Waals surface area contributed by atoms with E-state index >= 15 is 0 Å². The van der Waals surface area contributed by atoms with E-state index in [4.69, 9.17) is 22.0 Å². The Morgan fingerprint density at radius 3 is 0.895 bits per heavy atom. The Balaban J connectivity index is -0.000000289. The quantitative estimate of drug-likeness (QED) is 0.0208. The normalized spacial score (nSPS) is 10.4. The van der Waals surface area contributed by atoms with Crippen molar-refractivity contribution in [2.24, 2.45) is 11.5 Å². The van der Waals surface area contributed by atoms with Gasteiger partial charge in [-0.2, -0.15) is 38.5 Å². The van der Waals surface area contributed by atoms with E-state index in [2.05, 4.69) is 35.5 Å². The number of nitrogens with two attached hydrogens (primary N) is 2. The van der Waals surface area contributed by atoms with Gasteiger partial charge in [-0.25, -0.2) is 38.5 Å². The molecule has 0 aromatic rings. The molecule has 0 aromatic carbocycles. The minimum atomic E-state index is 0. The summed E-state index contributed by atoms with van der Waals surface area (Å²) in [7, 11) is 0. The first-order chi connectivity index (χ1) is 17.8. The molecule has 0 aromatic heterocycles. The molecular weight excluding hydrogens is 579 g/mol. The van der Waals surface area contributed by atoms with E-state index in [1.165, 1.54) is 77.0 Å². The second-order valence-electron chi connectivity index (χ2n) is 9.09. The Hall–Kier alpha value is 0.799. The fourth-order valence-electron chi connectivity index (χ4n) is 3.61. The molecule has 0 amide bonds. The van der Waals surface area contributed by atoms with Gasteiger partial charge in [-0.1, -0.05) is 51.4 Å². The largest absolute Gasteiger partial charge is 0.483 e. The summed E-state index contributed by atoms with van der Waals surface area (Å²) in [6, 6.07) is 0. The van der Waals surface area contributed by atoms with Crippen LogP contribution in [0.3, 0.4) is 0 Å². The predicted octanol–water partition coefficient (Wildman–Crippen LogP) is 8.22. The molecule has 0 aliphatic rings. The van der Waals surface area contributed by atoms with Crippen LogP contribution >= 0.6 is 0 Å². The Labute approximate surface area is 258 Å². The van der Waals surface area contributed by atoms with Crippen molar-refractivity contribution >= 4 is 0 Å². The van der Waals surface area contributed by atoms with Crippen LogP contribution in [0.1, 0.15) is 128 Å².